The molecule has 0 spiro atoms. The average molecular weight is 655 g/mol. The van der Waals surface area contributed by atoms with E-state index in [1.165, 1.54) is 11.0 Å². The molecule has 3 heterocycles. The Hall–Kier alpha value is -4.93. The Morgan fingerprint density at radius 3 is 2.62 bits per heavy atom. The fourth-order valence-electron chi connectivity index (χ4n) is 6.76. The van der Waals surface area contributed by atoms with Crippen LogP contribution < -0.4 is 15.4 Å². The number of carboxylic acids is 1. The van der Waals surface area contributed by atoms with E-state index in [1.54, 1.807) is 13.8 Å². The molecule has 4 bridgehead atoms. The van der Waals surface area contributed by atoms with Gasteiger partial charge in [-0.1, -0.05) is 56.3 Å². The predicted octanol–water partition coefficient (Wildman–Crippen LogP) is 4.87. The number of rotatable bonds is 6. The van der Waals surface area contributed by atoms with E-state index in [9.17, 15) is 24.3 Å². The number of aliphatic carboxylic acids is 1. The van der Waals surface area contributed by atoms with Gasteiger partial charge in [0.1, 0.15) is 29.5 Å². The molecule has 1 aliphatic carbocycles. The summed E-state index contributed by atoms with van der Waals surface area (Å²) in [4.78, 5) is 59.4. The number of cyclic esters (lactones) is 1. The minimum atomic E-state index is -1.47. The molecule has 48 heavy (non-hydrogen) atoms. The molecular weight excluding hydrogens is 612 g/mol. The summed E-state index contributed by atoms with van der Waals surface area (Å²) in [6.07, 6.45) is 3.78. The molecule has 5 atom stereocenters. The average Bonchev–Trinajstić information content (AvgIpc) is 3.64. The number of hydrogen-bond donors (Lipinski definition) is 3. The molecule has 2 aromatic carbocycles. The number of nitrogens with one attached hydrogen (secondary N) is 2. The van der Waals surface area contributed by atoms with Crippen LogP contribution in [0.2, 0.25) is 0 Å². The van der Waals surface area contributed by atoms with Gasteiger partial charge in [-0.2, -0.15) is 0 Å². The molecule has 0 unspecified atom stereocenters. The van der Waals surface area contributed by atoms with Crippen molar-refractivity contribution in [2.75, 3.05) is 13.2 Å². The monoisotopic (exact) mass is 654 g/mol. The number of hydrogen-bond acceptors (Lipinski definition) is 7. The van der Waals surface area contributed by atoms with Crippen LogP contribution in [0.15, 0.2) is 67.3 Å². The molecule has 2 aliphatic heterocycles. The molecule has 6 rings (SSSR count). The third-order valence-corrected chi connectivity index (χ3v) is 9.62. The zero-order chi connectivity index (χ0) is 34.0. The first-order valence-electron chi connectivity index (χ1n) is 16.7. The number of nitrogens with zero attached hydrogens (tertiary/aromatic N) is 2. The van der Waals surface area contributed by atoms with Gasteiger partial charge < -0.3 is 30.1 Å². The number of aromatic nitrogens is 1. The third-order valence-electron chi connectivity index (χ3n) is 9.62. The number of pyridine rings is 1. The van der Waals surface area contributed by atoms with E-state index < -0.39 is 53.5 Å². The van der Waals surface area contributed by atoms with Crippen molar-refractivity contribution in [1.82, 2.24) is 20.5 Å². The van der Waals surface area contributed by atoms with Crippen molar-refractivity contribution in [3.05, 3.63) is 72.8 Å². The van der Waals surface area contributed by atoms with Crippen LogP contribution in [-0.2, 0) is 25.5 Å². The molecule has 0 radical (unpaired) electrons. The minimum Gasteiger partial charge on any atom is -0.488 e. The van der Waals surface area contributed by atoms with Crippen molar-refractivity contribution in [3.8, 4) is 17.0 Å². The Labute approximate surface area is 279 Å². The van der Waals surface area contributed by atoms with Crippen molar-refractivity contribution in [1.29, 1.82) is 0 Å². The second-order valence-corrected chi connectivity index (χ2v) is 13.3. The van der Waals surface area contributed by atoms with E-state index in [4.69, 9.17) is 14.5 Å². The zero-order valence-electron chi connectivity index (χ0n) is 27.3. The molecule has 1 saturated heterocycles. The minimum absolute atomic E-state index is 0.0476. The van der Waals surface area contributed by atoms with E-state index in [-0.39, 0.29) is 31.9 Å². The van der Waals surface area contributed by atoms with Crippen LogP contribution in [0, 0.1) is 11.8 Å². The summed E-state index contributed by atoms with van der Waals surface area (Å²) in [5.41, 5.74) is 2.04. The van der Waals surface area contributed by atoms with Crippen molar-refractivity contribution in [2.45, 2.75) is 76.1 Å². The predicted molar refractivity (Wildman–Crippen MR) is 179 cm³/mol. The maximum absolute atomic E-state index is 14.2. The fraction of sp³-hybridized carbons (Fsp3) is 0.432. The van der Waals surface area contributed by atoms with Gasteiger partial charge >= 0.3 is 12.1 Å². The maximum Gasteiger partial charge on any atom is 0.407 e. The lowest BCUT2D eigenvalue weighted by Gasteiger charge is -2.30. The highest BCUT2D eigenvalue weighted by Crippen LogP contribution is 2.45. The number of fused-ring (bicyclic) bond motifs is 3. The van der Waals surface area contributed by atoms with Crippen molar-refractivity contribution in [2.24, 2.45) is 11.8 Å². The van der Waals surface area contributed by atoms with Gasteiger partial charge in [-0.15, -0.1) is 6.58 Å². The summed E-state index contributed by atoms with van der Waals surface area (Å²) in [5, 5.41) is 16.2. The molecule has 3 aromatic rings. The summed E-state index contributed by atoms with van der Waals surface area (Å²) in [6, 6.07) is 15.8. The topological polar surface area (TPSA) is 147 Å². The van der Waals surface area contributed by atoms with Crippen LogP contribution >= 0.6 is 0 Å². The van der Waals surface area contributed by atoms with Crippen LogP contribution in [0.3, 0.4) is 0 Å². The van der Waals surface area contributed by atoms with Crippen LogP contribution in [-0.4, -0.2) is 75.7 Å². The lowest BCUT2D eigenvalue weighted by atomic mass is 10.0. The Morgan fingerprint density at radius 1 is 1.12 bits per heavy atom. The number of alkyl carbamates (subject to hydrolysis) is 1. The van der Waals surface area contributed by atoms with Crippen LogP contribution in [0.5, 0.6) is 5.75 Å². The number of benzene rings is 2. The molecule has 3 aliphatic rings. The second kappa shape index (κ2) is 13.7. The SMILES string of the molecule is C=C[C@@H]1C[C@]1(NC(=O)[C@@H]1C[C@H]2CN1C(=O)[C@H](C(C)C)NC(=O)OCCCCCc1ccc3nc(-c4ccccc4)cc(c3c1)O2)C(=O)O. The van der Waals surface area contributed by atoms with E-state index in [0.29, 0.717) is 12.2 Å². The highest BCUT2D eigenvalue weighted by molar-refractivity contribution is 5.96. The van der Waals surface area contributed by atoms with Crippen LogP contribution in [0.4, 0.5) is 4.79 Å². The van der Waals surface area contributed by atoms with Gasteiger partial charge in [0.15, 0.2) is 0 Å². The maximum atomic E-state index is 14.2. The van der Waals surface area contributed by atoms with Gasteiger partial charge in [-0.3, -0.25) is 9.59 Å². The smallest absolute Gasteiger partial charge is 0.407 e. The number of aryl methyl sites for hydroxylation is 1. The van der Waals surface area contributed by atoms with Gasteiger partial charge in [0, 0.05) is 29.4 Å². The molecule has 11 nitrogen and oxygen atoms in total. The van der Waals surface area contributed by atoms with E-state index in [1.807, 2.05) is 42.5 Å². The summed E-state index contributed by atoms with van der Waals surface area (Å²) < 4.78 is 12.1. The normalized spacial score (nSPS) is 26.2. The van der Waals surface area contributed by atoms with Crippen LogP contribution in [0.1, 0.15) is 51.5 Å². The first kappa shape index (κ1) is 33.0. The third kappa shape index (κ3) is 6.72. The van der Waals surface area contributed by atoms with Crippen molar-refractivity contribution < 1.29 is 33.8 Å². The largest absolute Gasteiger partial charge is 0.488 e. The van der Waals surface area contributed by atoms with Gasteiger partial charge in [0.05, 0.1) is 24.4 Å². The van der Waals surface area contributed by atoms with Crippen molar-refractivity contribution >= 4 is 34.8 Å². The lowest BCUT2D eigenvalue weighted by Crippen LogP contribution is -2.57. The number of carboxylic acid groups (broad SMARTS) is 1. The standard InChI is InChI=1S/C37H42N4O7/c1-4-25-20-37(25,35(44)45)40-33(42)30-18-26-21-41(30)34(43)32(22(2)3)39-36(46)47-16-10-6-7-11-23-14-15-28-27(17-23)31(48-26)19-29(38-28)24-12-8-5-9-13-24/h4-5,8-9,12-15,17,19,22,25-26,30,32H,1,6-7,10-11,16,18,20-21H2,2-3H3,(H,39,46)(H,40,42)(H,44,45)/t25-,26+,30+,32+,37-/m1/s1. The second-order valence-electron chi connectivity index (χ2n) is 13.3. The molecule has 3 amide bonds. The summed E-state index contributed by atoms with van der Waals surface area (Å²) in [6.45, 7) is 7.58. The van der Waals surface area contributed by atoms with Gasteiger partial charge in [-0.05, 0) is 55.7 Å². The molecule has 11 heteroatoms. The van der Waals surface area contributed by atoms with Gasteiger partial charge in [0.2, 0.25) is 11.8 Å². The van der Waals surface area contributed by atoms with Gasteiger partial charge in [-0.25, -0.2) is 14.6 Å². The summed E-state index contributed by atoms with van der Waals surface area (Å²) >= 11 is 0. The fourth-order valence-corrected chi connectivity index (χ4v) is 6.76. The quantitative estimate of drug-likeness (QED) is 0.319. The molecule has 2 fully saturated rings. The first-order chi connectivity index (χ1) is 23.1. The van der Waals surface area contributed by atoms with E-state index in [0.717, 1.165) is 47.0 Å². The van der Waals surface area contributed by atoms with E-state index in [2.05, 4.69) is 29.3 Å². The zero-order valence-corrected chi connectivity index (χ0v) is 27.3. The molecule has 1 aromatic heterocycles. The highest BCUT2D eigenvalue weighted by Gasteiger charge is 2.61. The van der Waals surface area contributed by atoms with Crippen LogP contribution in [0.25, 0.3) is 22.2 Å². The summed E-state index contributed by atoms with van der Waals surface area (Å²) in [7, 11) is 0. The number of amides is 3. The van der Waals surface area contributed by atoms with E-state index >= 15 is 0 Å². The number of carbonyl (C=O) groups excluding carboxylic acids is 3. The number of ether oxygens (including phenoxy) is 2. The Balaban J connectivity index is 1.39. The molecule has 252 valence electrons. The molecule has 1 saturated carbocycles. The first-order valence-corrected chi connectivity index (χ1v) is 16.7. The lowest BCUT2D eigenvalue weighted by molar-refractivity contribution is -0.145. The highest BCUT2D eigenvalue weighted by atomic mass is 16.5. The summed E-state index contributed by atoms with van der Waals surface area (Å²) in [5.74, 6) is -2.38. The van der Waals surface area contributed by atoms with Gasteiger partial charge in [0.25, 0.3) is 0 Å². The Morgan fingerprint density at radius 2 is 1.92 bits per heavy atom. The van der Waals surface area contributed by atoms with Crippen molar-refractivity contribution in [3.63, 3.8) is 0 Å². The molecular formula is C37H42N4O7. The Kier molecular flexibility index (Phi) is 9.39. The number of carbonyl (C=O) groups is 4. The Bertz CT molecular complexity index is 1730. The molecule has 3 N–H and O–H groups in total.